The molecule has 8 nitrogen and oxygen atoms in total. The van der Waals surface area contributed by atoms with E-state index in [9.17, 15) is 14.4 Å². The molecule has 2 aromatic heterocycles. The number of hydrogen-bond donors (Lipinski definition) is 0. The van der Waals surface area contributed by atoms with Gasteiger partial charge in [-0.05, 0) is 56.5 Å². The molecule has 1 aromatic carbocycles. The molecule has 0 amide bonds. The van der Waals surface area contributed by atoms with Crippen LogP contribution in [0.4, 0.5) is 0 Å². The minimum absolute atomic E-state index is 0.209. The van der Waals surface area contributed by atoms with E-state index in [2.05, 4.69) is 4.99 Å². The van der Waals surface area contributed by atoms with E-state index in [1.165, 1.54) is 27.2 Å². The average Bonchev–Trinajstić information content (AvgIpc) is 3.47. The maximum atomic E-state index is 13.7. The van der Waals surface area contributed by atoms with Crippen LogP contribution < -0.4 is 19.6 Å². The van der Waals surface area contributed by atoms with Crippen LogP contribution in [0.2, 0.25) is 5.02 Å². The van der Waals surface area contributed by atoms with Crippen molar-refractivity contribution in [2.24, 2.45) is 4.99 Å². The second-order valence-corrected chi connectivity index (χ2v) is 10.0. The van der Waals surface area contributed by atoms with Crippen LogP contribution in [0.3, 0.4) is 0 Å². The molecule has 3 heterocycles. The predicted octanol–water partition coefficient (Wildman–Crippen LogP) is 3.46. The summed E-state index contributed by atoms with van der Waals surface area (Å²) in [6.45, 7) is 5.36. The first-order chi connectivity index (χ1) is 17.3. The van der Waals surface area contributed by atoms with Crippen LogP contribution in [0.5, 0.6) is 5.75 Å². The molecule has 1 aliphatic heterocycles. The van der Waals surface area contributed by atoms with Crippen molar-refractivity contribution in [1.29, 1.82) is 0 Å². The maximum absolute atomic E-state index is 13.7. The van der Waals surface area contributed by atoms with Crippen LogP contribution in [0, 0.1) is 0 Å². The highest BCUT2D eigenvalue weighted by molar-refractivity contribution is 7.10. The molecule has 4 rings (SSSR count). The molecule has 0 fully saturated rings. The lowest BCUT2D eigenvalue weighted by molar-refractivity contribution is -0.145. The number of carbonyl (C=O) groups excluding carboxylic acids is 2. The number of esters is 2. The zero-order chi connectivity index (χ0) is 25.8. The SMILES string of the molecule is CCOC(=O)COc1ccc(Cl)cc1/C=c1\sc2n(c1=O)[C@@H](c1cccs1)C(C(=O)OCC)=C(C)N=2. The van der Waals surface area contributed by atoms with E-state index in [4.69, 9.17) is 25.8 Å². The number of thiophene rings is 1. The third kappa shape index (κ3) is 5.30. The van der Waals surface area contributed by atoms with E-state index in [-0.39, 0.29) is 25.4 Å². The van der Waals surface area contributed by atoms with Crippen LogP contribution in [0.25, 0.3) is 6.08 Å². The Labute approximate surface area is 219 Å². The van der Waals surface area contributed by atoms with E-state index in [1.807, 2.05) is 17.5 Å². The zero-order valence-corrected chi connectivity index (χ0v) is 22.2. The highest BCUT2D eigenvalue weighted by atomic mass is 35.5. The average molecular weight is 547 g/mol. The second-order valence-electron chi connectivity index (χ2n) is 7.59. The number of rotatable bonds is 8. The molecule has 0 bridgehead atoms. The van der Waals surface area contributed by atoms with Crippen molar-refractivity contribution in [3.8, 4) is 5.75 Å². The number of benzene rings is 1. The van der Waals surface area contributed by atoms with Gasteiger partial charge in [0.05, 0.1) is 29.0 Å². The summed E-state index contributed by atoms with van der Waals surface area (Å²) in [4.78, 5) is 44.1. The van der Waals surface area contributed by atoms with Gasteiger partial charge in [0.15, 0.2) is 11.4 Å². The summed E-state index contributed by atoms with van der Waals surface area (Å²) in [7, 11) is 0. The lowest BCUT2D eigenvalue weighted by atomic mass is 10.0. The summed E-state index contributed by atoms with van der Waals surface area (Å²) in [6, 6.07) is 8.00. The summed E-state index contributed by atoms with van der Waals surface area (Å²) < 4.78 is 17.7. The largest absolute Gasteiger partial charge is 0.481 e. The molecule has 0 saturated heterocycles. The Morgan fingerprint density at radius 1 is 1.19 bits per heavy atom. The molecule has 0 N–H and O–H groups in total. The Balaban J connectivity index is 1.83. The van der Waals surface area contributed by atoms with Gasteiger partial charge in [0.1, 0.15) is 11.8 Å². The lowest BCUT2D eigenvalue weighted by Crippen LogP contribution is -2.39. The predicted molar refractivity (Wildman–Crippen MR) is 138 cm³/mol. The lowest BCUT2D eigenvalue weighted by Gasteiger charge is -2.23. The van der Waals surface area contributed by atoms with Gasteiger partial charge in [-0.3, -0.25) is 9.36 Å². The van der Waals surface area contributed by atoms with E-state index < -0.39 is 18.0 Å². The number of carbonyl (C=O) groups is 2. The summed E-state index contributed by atoms with van der Waals surface area (Å²) in [5.74, 6) is -0.636. The third-order valence-electron chi connectivity index (χ3n) is 5.24. The Bertz CT molecular complexity index is 1500. The van der Waals surface area contributed by atoms with Crippen LogP contribution >= 0.6 is 34.3 Å². The number of hydrogen-bond acceptors (Lipinski definition) is 9. The molecule has 0 aliphatic carbocycles. The Kier molecular flexibility index (Phi) is 8.07. The van der Waals surface area contributed by atoms with Gasteiger partial charge in [-0.25, -0.2) is 14.6 Å². The molecule has 0 spiro atoms. The maximum Gasteiger partial charge on any atom is 0.344 e. The van der Waals surface area contributed by atoms with Crippen LogP contribution in [-0.2, 0) is 19.1 Å². The summed E-state index contributed by atoms with van der Waals surface area (Å²) in [5.41, 5.74) is 1.04. The normalized spacial score (nSPS) is 15.3. The van der Waals surface area contributed by atoms with E-state index >= 15 is 0 Å². The zero-order valence-electron chi connectivity index (χ0n) is 19.8. The van der Waals surface area contributed by atoms with Crippen LogP contribution in [-0.4, -0.2) is 36.3 Å². The number of nitrogens with zero attached hydrogens (tertiary/aromatic N) is 2. The van der Waals surface area contributed by atoms with Crippen molar-refractivity contribution in [2.75, 3.05) is 19.8 Å². The second kappa shape index (κ2) is 11.2. The third-order valence-corrected chi connectivity index (χ3v) is 7.38. The topological polar surface area (TPSA) is 96.2 Å². The first kappa shape index (κ1) is 25.9. The number of thiazole rings is 1. The molecular weight excluding hydrogens is 524 g/mol. The monoisotopic (exact) mass is 546 g/mol. The molecule has 188 valence electrons. The van der Waals surface area contributed by atoms with Crippen molar-refractivity contribution in [3.63, 3.8) is 0 Å². The minimum atomic E-state index is -0.652. The highest BCUT2D eigenvalue weighted by Gasteiger charge is 2.33. The van der Waals surface area contributed by atoms with Crippen LogP contribution in [0.1, 0.15) is 37.3 Å². The van der Waals surface area contributed by atoms with Gasteiger partial charge in [-0.2, -0.15) is 0 Å². The number of halogens is 1. The Hall–Kier alpha value is -3.21. The van der Waals surface area contributed by atoms with Gasteiger partial charge in [0, 0.05) is 15.5 Å². The van der Waals surface area contributed by atoms with Crippen molar-refractivity contribution in [1.82, 2.24) is 4.57 Å². The molecule has 0 saturated carbocycles. The summed E-state index contributed by atoms with van der Waals surface area (Å²) in [5, 5.41) is 2.33. The van der Waals surface area contributed by atoms with Crippen molar-refractivity contribution < 1.29 is 23.8 Å². The molecule has 3 aromatic rings. The first-order valence-electron chi connectivity index (χ1n) is 11.1. The molecule has 36 heavy (non-hydrogen) atoms. The van der Waals surface area contributed by atoms with Crippen LogP contribution in [0.15, 0.2) is 56.8 Å². The Morgan fingerprint density at radius 3 is 2.67 bits per heavy atom. The Morgan fingerprint density at radius 2 is 1.97 bits per heavy atom. The fourth-order valence-electron chi connectivity index (χ4n) is 3.75. The quantitative estimate of drug-likeness (QED) is 0.402. The fraction of sp³-hybridized carbons (Fsp3) is 0.280. The van der Waals surface area contributed by atoms with E-state index in [0.29, 0.717) is 36.9 Å². The molecular formula is C25H23ClN2O6S2. The molecule has 11 heteroatoms. The van der Waals surface area contributed by atoms with Gasteiger partial charge >= 0.3 is 11.9 Å². The fourth-order valence-corrected chi connectivity index (χ4v) is 5.79. The summed E-state index contributed by atoms with van der Waals surface area (Å²) in [6.07, 6.45) is 1.64. The number of allylic oxidation sites excluding steroid dienone is 1. The highest BCUT2D eigenvalue weighted by Crippen LogP contribution is 2.33. The van der Waals surface area contributed by atoms with Gasteiger partial charge in [-0.15, -0.1) is 11.3 Å². The first-order valence-corrected chi connectivity index (χ1v) is 13.2. The van der Waals surface area contributed by atoms with Crippen molar-refractivity contribution in [2.45, 2.75) is 26.8 Å². The van der Waals surface area contributed by atoms with Gasteiger partial charge in [0.25, 0.3) is 5.56 Å². The van der Waals surface area contributed by atoms with Gasteiger partial charge < -0.3 is 14.2 Å². The summed E-state index contributed by atoms with van der Waals surface area (Å²) >= 11 is 8.84. The standard InChI is InChI=1S/C25H23ClN2O6S2/c1-4-32-20(29)13-34-17-9-8-16(26)11-15(17)12-19-23(30)28-22(18-7-6-10-35-18)21(24(31)33-5-2)14(3)27-25(28)36-19/h6-12,22H,4-5,13H2,1-3H3/b19-12-/t22-/m0/s1. The number of ether oxygens (including phenoxy) is 3. The van der Waals surface area contributed by atoms with Crippen molar-refractivity contribution in [3.05, 3.63) is 82.1 Å². The molecule has 0 radical (unpaired) electrons. The minimum Gasteiger partial charge on any atom is -0.481 e. The number of fused-ring (bicyclic) bond motifs is 1. The van der Waals surface area contributed by atoms with Gasteiger partial charge in [-0.1, -0.05) is 29.0 Å². The van der Waals surface area contributed by atoms with E-state index in [0.717, 1.165) is 4.88 Å². The smallest absolute Gasteiger partial charge is 0.344 e. The number of aromatic nitrogens is 1. The van der Waals surface area contributed by atoms with Gasteiger partial charge in [0.2, 0.25) is 0 Å². The molecule has 1 aliphatic rings. The molecule has 0 unspecified atom stereocenters. The van der Waals surface area contributed by atoms with E-state index in [1.54, 1.807) is 45.0 Å². The van der Waals surface area contributed by atoms with Crippen molar-refractivity contribution >= 4 is 52.3 Å². The molecule has 1 atom stereocenters.